The summed E-state index contributed by atoms with van der Waals surface area (Å²) in [5.41, 5.74) is 0.792. The Hall–Kier alpha value is -1.52. The maximum absolute atomic E-state index is 13.0. The SMILES string of the molecule is CNCc1ccc(-c2ccccc2C(F)(F)F)cc1Cl. The van der Waals surface area contributed by atoms with Crippen molar-refractivity contribution in [1.82, 2.24) is 5.32 Å². The largest absolute Gasteiger partial charge is 0.417 e. The lowest BCUT2D eigenvalue weighted by molar-refractivity contribution is -0.137. The molecule has 0 saturated carbocycles. The molecule has 2 aromatic rings. The molecule has 0 heterocycles. The fraction of sp³-hybridized carbons (Fsp3) is 0.200. The number of benzene rings is 2. The van der Waals surface area contributed by atoms with E-state index in [0.717, 1.165) is 11.6 Å². The van der Waals surface area contributed by atoms with Gasteiger partial charge in [-0.1, -0.05) is 41.9 Å². The molecule has 0 spiro atoms. The van der Waals surface area contributed by atoms with E-state index < -0.39 is 11.7 Å². The Labute approximate surface area is 120 Å². The topological polar surface area (TPSA) is 12.0 Å². The summed E-state index contributed by atoms with van der Waals surface area (Å²) in [7, 11) is 1.78. The summed E-state index contributed by atoms with van der Waals surface area (Å²) in [6, 6.07) is 10.4. The van der Waals surface area contributed by atoms with Crippen LogP contribution in [0.5, 0.6) is 0 Å². The minimum absolute atomic E-state index is 0.137. The highest BCUT2D eigenvalue weighted by atomic mass is 35.5. The second-order valence-corrected chi connectivity index (χ2v) is 4.79. The van der Waals surface area contributed by atoms with Gasteiger partial charge in [0.1, 0.15) is 0 Å². The van der Waals surface area contributed by atoms with Gasteiger partial charge < -0.3 is 5.32 Å². The molecule has 0 amide bonds. The summed E-state index contributed by atoms with van der Waals surface area (Å²) in [6.45, 7) is 0.569. The first-order valence-electron chi connectivity index (χ1n) is 6.03. The fourth-order valence-corrected chi connectivity index (χ4v) is 2.28. The van der Waals surface area contributed by atoms with Crippen LogP contribution in [0.3, 0.4) is 0 Å². The lowest BCUT2D eigenvalue weighted by Gasteiger charge is -2.14. The van der Waals surface area contributed by atoms with E-state index in [4.69, 9.17) is 11.6 Å². The zero-order valence-electron chi connectivity index (χ0n) is 10.8. The van der Waals surface area contributed by atoms with E-state index in [-0.39, 0.29) is 5.56 Å². The third-order valence-corrected chi connectivity index (χ3v) is 3.32. The Morgan fingerprint density at radius 3 is 2.40 bits per heavy atom. The third-order valence-electron chi connectivity index (χ3n) is 2.96. The van der Waals surface area contributed by atoms with Crippen LogP contribution in [-0.4, -0.2) is 7.05 Å². The highest BCUT2D eigenvalue weighted by molar-refractivity contribution is 6.31. The number of hydrogen-bond donors (Lipinski definition) is 1. The maximum atomic E-state index is 13.0. The second kappa shape index (κ2) is 5.85. The number of hydrogen-bond acceptors (Lipinski definition) is 1. The molecule has 20 heavy (non-hydrogen) atoms. The lowest BCUT2D eigenvalue weighted by atomic mass is 9.98. The molecule has 0 bridgehead atoms. The van der Waals surface area contributed by atoms with Crippen molar-refractivity contribution in [2.24, 2.45) is 0 Å². The number of halogens is 4. The van der Waals surface area contributed by atoms with Crippen LogP contribution >= 0.6 is 11.6 Å². The molecule has 0 aromatic heterocycles. The fourth-order valence-electron chi connectivity index (χ4n) is 2.03. The molecule has 0 unspecified atom stereocenters. The molecule has 1 nitrogen and oxygen atoms in total. The van der Waals surface area contributed by atoms with Crippen LogP contribution in [0.2, 0.25) is 5.02 Å². The van der Waals surface area contributed by atoms with Gasteiger partial charge in [0.05, 0.1) is 5.56 Å². The highest BCUT2D eigenvalue weighted by Gasteiger charge is 2.33. The summed E-state index contributed by atoms with van der Waals surface area (Å²) in [5, 5.41) is 3.41. The summed E-state index contributed by atoms with van der Waals surface area (Å²) in [4.78, 5) is 0. The predicted molar refractivity (Wildman–Crippen MR) is 74.7 cm³/mol. The summed E-state index contributed by atoms with van der Waals surface area (Å²) >= 11 is 6.10. The minimum atomic E-state index is -4.38. The van der Waals surface area contributed by atoms with Crippen LogP contribution in [0.25, 0.3) is 11.1 Å². The highest BCUT2D eigenvalue weighted by Crippen LogP contribution is 2.37. The molecule has 0 saturated heterocycles. The molecule has 1 N–H and O–H groups in total. The standard InChI is InChI=1S/C15H13ClF3N/c1-20-9-11-7-6-10(8-14(11)16)12-4-2-3-5-13(12)15(17,18)19/h2-8,20H,9H2,1H3. The normalized spacial score (nSPS) is 11.7. The molecule has 0 aliphatic heterocycles. The molecule has 2 rings (SSSR count). The summed E-state index contributed by atoms with van der Waals surface area (Å²) < 4.78 is 39.0. The van der Waals surface area contributed by atoms with Crippen molar-refractivity contribution < 1.29 is 13.2 Å². The number of rotatable bonds is 3. The van der Waals surface area contributed by atoms with Crippen molar-refractivity contribution in [2.45, 2.75) is 12.7 Å². The molecular weight excluding hydrogens is 287 g/mol. The van der Waals surface area contributed by atoms with Crippen LogP contribution in [0.4, 0.5) is 13.2 Å². The first kappa shape index (κ1) is 14.9. The quantitative estimate of drug-likeness (QED) is 0.863. The zero-order valence-corrected chi connectivity index (χ0v) is 11.5. The lowest BCUT2D eigenvalue weighted by Crippen LogP contribution is -2.07. The van der Waals surface area contributed by atoms with E-state index in [2.05, 4.69) is 5.32 Å². The van der Waals surface area contributed by atoms with E-state index >= 15 is 0 Å². The van der Waals surface area contributed by atoms with E-state index in [9.17, 15) is 13.2 Å². The smallest absolute Gasteiger partial charge is 0.316 e. The van der Waals surface area contributed by atoms with Gasteiger partial charge in [0.15, 0.2) is 0 Å². The summed E-state index contributed by atoms with van der Waals surface area (Å²) in [6.07, 6.45) is -4.38. The van der Waals surface area contributed by atoms with Crippen LogP contribution in [-0.2, 0) is 12.7 Å². The van der Waals surface area contributed by atoms with Gasteiger partial charge >= 0.3 is 6.18 Å². The maximum Gasteiger partial charge on any atom is 0.417 e. The molecule has 5 heteroatoms. The van der Waals surface area contributed by atoms with Crippen LogP contribution in [0, 0.1) is 0 Å². The van der Waals surface area contributed by atoms with Crippen molar-refractivity contribution in [3.05, 3.63) is 58.6 Å². The van der Waals surface area contributed by atoms with Crippen LogP contribution in [0.15, 0.2) is 42.5 Å². The second-order valence-electron chi connectivity index (χ2n) is 4.38. The first-order valence-corrected chi connectivity index (χ1v) is 6.41. The van der Waals surface area contributed by atoms with Crippen LogP contribution < -0.4 is 5.32 Å². The van der Waals surface area contributed by atoms with E-state index in [1.165, 1.54) is 12.1 Å². The van der Waals surface area contributed by atoms with Gasteiger partial charge in [-0.3, -0.25) is 0 Å². The molecule has 0 radical (unpaired) electrons. The molecular formula is C15H13ClF3N. The van der Waals surface area contributed by atoms with Gasteiger partial charge in [-0.25, -0.2) is 0 Å². The zero-order chi connectivity index (χ0) is 14.8. The average Bonchev–Trinajstić information content (AvgIpc) is 2.40. The number of alkyl halides is 3. The number of nitrogens with one attached hydrogen (secondary N) is 1. The van der Waals surface area contributed by atoms with Gasteiger partial charge in [-0.05, 0) is 35.9 Å². The van der Waals surface area contributed by atoms with Gasteiger partial charge in [0.2, 0.25) is 0 Å². The van der Waals surface area contributed by atoms with Gasteiger partial charge in [-0.2, -0.15) is 13.2 Å². The van der Waals surface area contributed by atoms with E-state index in [1.807, 2.05) is 0 Å². The summed E-state index contributed by atoms with van der Waals surface area (Å²) in [5.74, 6) is 0. The van der Waals surface area contributed by atoms with Crippen molar-refractivity contribution in [1.29, 1.82) is 0 Å². The first-order chi connectivity index (χ1) is 9.43. The molecule has 2 aromatic carbocycles. The Kier molecular flexibility index (Phi) is 4.35. The third kappa shape index (κ3) is 3.14. The van der Waals surface area contributed by atoms with Crippen molar-refractivity contribution in [3.8, 4) is 11.1 Å². The van der Waals surface area contributed by atoms with Gasteiger partial charge in [-0.15, -0.1) is 0 Å². The molecule has 0 aliphatic rings. The monoisotopic (exact) mass is 299 g/mol. The Morgan fingerprint density at radius 2 is 1.80 bits per heavy atom. The van der Waals surface area contributed by atoms with Crippen molar-refractivity contribution in [3.63, 3.8) is 0 Å². The molecule has 0 aliphatic carbocycles. The van der Waals surface area contributed by atoms with E-state index in [0.29, 0.717) is 17.1 Å². The Bertz CT molecular complexity index is 608. The van der Waals surface area contributed by atoms with E-state index in [1.54, 1.807) is 31.3 Å². The minimum Gasteiger partial charge on any atom is -0.316 e. The average molecular weight is 300 g/mol. The molecule has 0 atom stereocenters. The molecule has 0 fully saturated rings. The van der Waals surface area contributed by atoms with Crippen molar-refractivity contribution >= 4 is 11.6 Å². The van der Waals surface area contributed by atoms with Crippen molar-refractivity contribution in [2.75, 3.05) is 7.05 Å². The predicted octanol–water partition coefficient (Wildman–Crippen LogP) is 4.75. The Morgan fingerprint density at radius 1 is 1.10 bits per heavy atom. The van der Waals surface area contributed by atoms with Crippen LogP contribution in [0.1, 0.15) is 11.1 Å². The van der Waals surface area contributed by atoms with Gasteiger partial charge in [0.25, 0.3) is 0 Å². The van der Waals surface area contributed by atoms with Gasteiger partial charge in [0, 0.05) is 11.6 Å². The molecule has 106 valence electrons. The Balaban J connectivity index is 2.50.